The van der Waals surface area contributed by atoms with E-state index >= 15 is 0 Å². The predicted molar refractivity (Wildman–Crippen MR) is 94.5 cm³/mol. The van der Waals surface area contributed by atoms with Gasteiger partial charge < -0.3 is 15.4 Å². The SMILES string of the molecule is CCNC(=NCC(c1ccccc1)C(C)C)NCCOCC. The maximum absolute atomic E-state index is 5.35. The first-order valence-electron chi connectivity index (χ1n) is 8.33. The summed E-state index contributed by atoms with van der Waals surface area (Å²) in [6, 6.07) is 10.6. The lowest BCUT2D eigenvalue weighted by molar-refractivity contribution is 0.152. The molecule has 4 heteroatoms. The van der Waals surface area contributed by atoms with Crippen molar-refractivity contribution in [2.24, 2.45) is 10.9 Å². The Morgan fingerprint density at radius 2 is 1.86 bits per heavy atom. The van der Waals surface area contributed by atoms with Crippen LogP contribution in [-0.4, -0.2) is 38.8 Å². The van der Waals surface area contributed by atoms with E-state index in [1.54, 1.807) is 0 Å². The van der Waals surface area contributed by atoms with Crippen LogP contribution in [0.15, 0.2) is 35.3 Å². The maximum Gasteiger partial charge on any atom is 0.191 e. The van der Waals surface area contributed by atoms with Crippen molar-refractivity contribution in [1.29, 1.82) is 0 Å². The fraction of sp³-hybridized carbons (Fsp3) is 0.611. The molecule has 0 radical (unpaired) electrons. The largest absolute Gasteiger partial charge is 0.380 e. The van der Waals surface area contributed by atoms with Crippen LogP contribution in [0.1, 0.15) is 39.2 Å². The molecule has 0 bridgehead atoms. The molecular weight excluding hydrogens is 274 g/mol. The number of nitrogens with one attached hydrogen (secondary N) is 2. The standard InChI is InChI=1S/C18H31N3O/c1-5-19-18(20-12-13-22-6-2)21-14-17(15(3)4)16-10-8-7-9-11-16/h7-11,15,17H,5-6,12-14H2,1-4H3,(H2,19,20,21). The summed E-state index contributed by atoms with van der Waals surface area (Å²) in [4.78, 5) is 4.75. The third-order valence-corrected chi connectivity index (χ3v) is 3.57. The minimum Gasteiger partial charge on any atom is -0.380 e. The summed E-state index contributed by atoms with van der Waals surface area (Å²) in [5, 5.41) is 6.60. The second kappa shape index (κ2) is 11.1. The highest BCUT2D eigenvalue weighted by molar-refractivity contribution is 5.79. The van der Waals surface area contributed by atoms with E-state index in [0.29, 0.717) is 18.4 Å². The molecule has 22 heavy (non-hydrogen) atoms. The minimum absolute atomic E-state index is 0.434. The van der Waals surface area contributed by atoms with Crippen LogP contribution < -0.4 is 10.6 Å². The number of benzene rings is 1. The normalized spacial score (nSPS) is 13.2. The first kappa shape index (κ1) is 18.5. The van der Waals surface area contributed by atoms with Gasteiger partial charge in [-0.25, -0.2) is 0 Å². The Morgan fingerprint density at radius 1 is 1.14 bits per heavy atom. The van der Waals surface area contributed by atoms with Crippen molar-refractivity contribution in [3.8, 4) is 0 Å². The molecule has 0 spiro atoms. The molecule has 1 unspecified atom stereocenters. The van der Waals surface area contributed by atoms with Crippen LogP contribution in [0.3, 0.4) is 0 Å². The van der Waals surface area contributed by atoms with Gasteiger partial charge in [0.2, 0.25) is 0 Å². The van der Waals surface area contributed by atoms with Crippen LogP contribution in [0.4, 0.5) is 0 Å². The molecule has 4 nitrogen and oxygen atoms in total. The van der Waals surface area contributed by atoms with Gasteiger partial charge in [-0.2, -0.15) is 0 Å². The van der Waals surface area contributed by atoms with Crippen molar-refractivity contribution >= 4 is 5.96 Å². The summed E-state index contributed by atoms with van der Waals surface area (Å²) < 4.78 is 5.35. The van der Waals surface area contributed by atoms with Gasteiger partial charge in [0, 0.05) is 32.2 Å². The number of hydrogen-bond acceptors (Lipinski definition) is 2. The van der Waals surface area contributed by atoms with Crippen molar-refractivity contribution in [1.82, 2.24) is 10.6 Å². The maximum atomic E-state index is 5.35. The van der Waals surface area contributed by atoms with E-state index in [1.807, 2.05) is 6.92 Å². The van der Waals surface area contributed by atoms with Crippen molar-refractivity contribution in [2.45, 2.75) is 33.6 Å². The third-order valence-electron chi connectivity index (χ3n) is 3.57. The highest BCUT2D eigenvalue weighted by Gasteiger charge is 2.15. The zero-order valence-corrected chi connectivity index (χ0v) is 14.4. The number of aliphatic imine (C=N–C) groups is 1. The third kappa shape index (κ3) is 6.94. The second-order valence-electron chi connectivity index (χ2n) is 5.60. The van der Waals surface area contributed by atoms with E-state index in [9.17, 15) is 0 Å². The summed E-state index contributed by atoms with van der Waals surface area (Å²) >= 11 is 0. The van der Waals surface area contributed by atoms with Crippen molar-refractivity contribution in [3.63, 3.8) is 0 Å². The Bertz CT molecular complexity index is 418. The van der Waals surface area contributed by atoms with Crippen LogP contribution in [0.25, 0.3) is 0 Å². The fourth-order valence-corrected chi connectivity index (χ4v) is 2.32. The zero-order valence-electron chi connectivity index (χ0n) is 14.4. The lowest BCUT2D eigenvalue weighted by Gasteiger charge is -2.20. The van der Waals surface area contributed by atoms with Crippen LogP contribution in [0, 0.1) is 5.92 Å². The molecule has 0 aliphatic carbocycles. The molecule has 0 aliphatic rings. The van der Waals surface area contributed by atoms with Gasteiger partial charge in [-0.3, -0.25) is 4.99 Å². The summed E-state index contributed by atoms with van der Waals surface area (Å²) in [6.45, 7) is 12.5. The first-order chi connectivity index (χ1) is 10.7. The molecule has 0 amide bonds. The Labute approximate surface area is 135 Å². The Balaban J connectivity index is 2.64. The smallest absolute Gasteiger partial charge is 0.191 e. The summed E-state index contributed by atoms with van der Waals surface area (Å²) in [7, 11) is 0. The van der Waals surface area contributed by atoms with Crippen LogP contribution in [-0.2, 0) is 4.74 Å². The van der Waals surface area contributed by atoms with Gasteiger partial charge in [0.05, 0.1) is 6.61 Å². The van der Waals surface area contributed by atoms with E-state index in [0.717, 1.165) is 32.2 Å². The second-order valence-corrected chi connectivity index (χ2v) is 5.60. The molecule has 1 atom stereocenters. The van der Waals surface area contributed by atoms with Gasteiger partial charge in [0.15, 0.2) is 5.96 Å². The molecular formula is C18H31N3O. The number of ether oxygens (including phenoxy) is 1. The number of nitrogens with zero attached hydrogens (tertiary/aromatic N) is 1. The Hall–Kier alpha value is -1.55. The van der Waals surface area contributed by atoms with E-state index in [4.69, 9.17) is 9.73 Å². The zero-order chi connectivity index (χ0) is 16.2. The lowest BCUT2D eigenvalue weighted by atomic mass is 9.88. The molecule has 0 saturated heterocycles. The molecule has 124 valence electrons. The molecule has 0 heterocycles. The Morgan fingerprint density at radius 3 is 2.45 bits per heavy atom. The summed E-state index contributed by atoms with van der Waals surface area (Å²) in [5.74, 6) is 1.85. The van der Waals surface area contributed by atoms with Gasteiger partial charge in [-0.05, 0) is 25.3 Å². The van der Waals surface area contributed by atoms with Crippen molar-refractivity contribution in [2.75, 3.05) is 32.8 Å². The van der Waals surface area contributed by atoms with Crippen LogP contribution in [0.2, 0.25) is 0 Å². The van der Waals surface area contributed by atoms with Crippen molar-refractivity contribution < 1.29 is 4.74 Å². The average Bonchev–Trinajstić information content (AvgIpc) is 2.52. The highest BCUT2D eigenvalue weighted by Crippen LogP contribution is 2.24. The van der Waals surface area contributed by atoms with Gasteiger partial charge in [0.25, 0.3) is 0 Å². The first-order valence-corrected chi connectivity index (χ1v) is 8.33. The average molecular weight is 305 g/mol. The molecule has 0 aliphatic heterocycles. The molecule has 0 aromatic heterocycles. The van der Waals surface area contributed by atoms with Gasteiger partial charge >= 0.3 is 0 Å². The van der Waals surface area contributed by atoms with Crippen LogP contribution >= 0.6 is 0 Å². The van der Waals surface area contributed by atoms with E-state index in [1.165, 1.54) is 5.56 Å². The summed E-state index contributed by atoms with van der Waals surface area (Å²) in [5.41, 5.74) is 1.35. The Kier molecular flexibility index (Phi) is 9.31. The van der Waals surface area contributed by atoms with Gasteiger partial charge in [0.1, 0.15) is 0 Å². The lowest BCUT2D eigenvalue weighted by Crippen LogP contribution is -2.39. The summed E-state index contributed by atoms with van der Waals surface area (Å²) in [6.07, 6.45) is 0. The molecule has 1 aromatic rings. The predicted octanol–water partition coefficient (Wildman–Crippen LogP) is 3.02. The van der Waals surface area contributed by atoms with Crippen molar-refractivity contribution in [3.05, 3.63) is 35.9 Å². The monoisotopic (exact) mass is 305 g/mol. The molecule has 1 rings (SSSR count). The molecule has 0 saturated carbocycles. The molecule has 2 N–H and O–H groups in total. The van der Waals surface area contributed by atoms with Gasteiger partial charge in [-0.15, -0.1) is 0 Å². The van der Waals surface area contributed by atoms with Gasteiger partial charge in [-0.1, -0.05) is 44.2 Å². The highest BCUT2D eigenvalue weighted by atomic mass is 16.5. The number of hydrogen-bond donors (Lipinski definition) is 2. The molecule has 0 fully saturated rings. The molecule has 1 aromatic carbocycles. The minimum atomic E-state index is 0.434. The number of guanidine groups is 1. The van der Waals surface area contributed by atoms with Crippen LogP contribution in [0.5, 0.6) is 0 Å². The van der Waals surface area contributed by atoms with E-state index in [-0.39, 0.29) is 0 Å². The quantitative estimate of drug-likeness (QED) is 0.419. The number of rotatable bonds is 9. The van der Waals surface area contributed by atoms with E-state index < -0.39 is 0 Å². The topological polar surface area (TPSA) is 45.7 Å². The fourth-order valence-electron chi connectivity index (χ4n) is 2.32. The van der Waals surface area contributed by atoms with E-state index in [2.05, 4.69) is 61.7 Å².